The maximum Gasteiger partial charge on any atom is 0.244 e. The van der Waals surface area contributed by atoms with Gasteiger partial charge in [-0.2, -0.15) is 0 Å². The fraction of sp³-hybridized carbons (Fsp3) is 0.391. The Bertz CT molecular complexity index is 1080. The van der Waals surface area contributed by atoms with Gasteiger partial charge in [-0.25, -0.2) is 8.42 Å². The highest BCUT2D eigenvalue weighted by atomic mass is 127. The molecule has 2 aromatic carbocycles. The van der Waals surface area contributed by atoms with Crippen LogP contribution in [-0.2, 0) is 26.2 Å². The van der Waals surface area contributed by atoms with Crippen LogP contribution in [0.4, 0.5) is 5.69 Å². The van der Waals surface area contributed by atoms with Crippen molar-refractivity contribution in [3.8, 4) is 0 Å². The largest absolute Gasteiger partial charge is 0.352 e. The number of benzene rings is 2. The van der Waals surface area contributed by atoms with Crippen LogP contribution in [0.1, 0.15) is 32.8 Å². The van der Waals surface area contributed by atoms with E-state index in [1.807, 2.05) is 20.8 Å². The molecule has 0 fully saturated rings. The minimum absolute atomic E-state index is 0.0762. The second-order valence-electron chi connectivity index (χ2n) is 7.95. The first-order chi connectivity index (χ1) is 15.4. The van der Waals surface area contributed by atoms with Crippen LogP contribution < -0.4 is 9.62 Å². The third-order valence-electron chi connectivity index (χ3n) is 4.91. The summed E-state index contributed by atoms with van der Waals surface area (Å²) in [7, 11) is -3.76. The molecule has 0 aliphatic carbocycles. The Morgan fingerprint density at radius 2 is 1.70 bits per heavy atom. The monoisotopic (exact) mass is 605 g/mol. The van der Waals surface area contributed by atoms with E-state index < -0.39 is 28.5 Å². The number of nitrogens with one attached hydrogen (secondary N) is 1. The molecule has 0 saturated heterocycles. The first kappa shape index (κ1) is 27.4. The lowest BCUT2D eigenvalue weighted by Crippen LogP contribution is -2.53. The van der Waals surface area contributed by atoms with Crippen molar-refractivity contribution in [3.63, 3.8) is 0 Å². The van der Waals surface area contributed by atoms with Crippen LogP contribution in [-0.4, -0.2) is 50.0 Å². The second-order valence-corrected chi connectivity index (χ2v) is 11.5. The summed E-state index contributed by atoms with van der Waals surface area (Å²) in [6, 6.07) is 13.0. The van der Waals surface area contributed by atoms with E-state index in [0.717, 1.165) is 14.1 Å². The van der Waals surface area contributed by atoms with Crippen LogP contribution in [0.5, 0.6) is 0 Å². The first-order valence-corrected chi connectivity index (χ1v) is 13.8. The molecule has 2 amide bonds. The van der Waals surface area contributed by atoms with Crippen molar-refractivity contribution in [3.05, 3.63) is 62.7 Å². The van der Waals surface area contributed by atoms with Crippen molar-refractivity contribution in [2.75, 3.05) is 17.1 Å². The first-order valence-electron chi connectivity index (χ1n) is 10.5. The minimum atomic E-state index is -3.76. The number of anilines is 1. The van der Waals surface area contributed by atoms with Gasteiger partial charge in [0.1, 0.15) is 12.6 Å². The molecule has 0 aromatic heterocycles. The van der Waals surface area contributed by atoms with E-state index in [0.29, 0.717) is 22.7 Å². The number of rotatable bonds is 10. The maximum atomic E-state index is 13.5. The predicted octanol–water partition coefficient (Wildman–Crippen LogP) is 4.04. The van der Waals surface area contributed by atoms with E-state index in [4.69, 9.17) is 11.6 Å². The molecule has 1 N–H and O–H groups in total. The van der Waals surface area contributed by atoms with Gasteiger partial charge in [-0.3, -0.25) is 13.9 Å². The lowest BCUT2D eigenvalue weighted by Gasteiger charge is -2.33. The smallest absolute Gasteiger partial charge is 0.244 e. The molecule has 0 bridgehead atoms. The highest BCUT2D eigenvalue weighted by molar-refractivity contribution is 14.1. The van der Waals surface area contributed by atoms with Gasteiger partial charge in [-0.15, -0.1) is 0 Å². The predicted molar refractivity (Wildman–Crippen MR) is 141 cm³/mol. The van der Waals surface area contributed by atoms with Crippen LogP contribution in [0.3, 0.4) is 0 Å². The number of carbonyl (C=O) groups is 2. The third-order valence-corrected chi connectivity index (χ3v) is 7.14. The maximum absolute atomic E-state index is 13.5. The van der Waals surface area contributed by atoms with E-state index in [1.54, 1.807) is 48.5 Å². The van der Waals surface area contributed by atoms with Gasteiger partial charge >= 0.3 is 0 Å². The number of sulfonamides is 1. The lowest BCUT2D eigenvalue weighted by molar-refractivity contribution is -0.140. The molecule has 0 saturated carbocycles. The zero-order chi connectivity index (χ0) is 24.8. The van der Waals surface area contributed by atoms with Crippen LogP contribution in [0.15, 0.2) is 48.5 Å². The van der Waals surface area contributed by atoms with E-state index in [1.165, 1.54) is 4.90 Å². The summed E-state index contributed by atoms with van der Waals surface area (Å²) in [6.45, 7) is 5.13. The van der Waals surface area contributed by atoms with Crippen LogP contribution >= 0.6 is 34.2 Å². The van der Waals surface area contributed by atoms with Gasteiger partial charge in [0.15, 0.2) is 0 Å². The fourth-order valence-electron chi connectivity index (χ4n) is 3.33. The van der Waals surface area contributed by atoms with Crippen LogP contribution in [0.25, 0.3) is 0 Å². The Balaban J connectivity index is 2.44. The molecular formula is C23H29ClIN3O4S. The summed E-state index contributed by atoms with van der Waals surface area (Å²) in [5.41, 5.74) is 1.05. The van der Waals surface area contributed by atoms with Gasteiger partial charge < -0.3 is 10.2 Å². The van der Waals surface area contributed by atoms with Crippen LogP contribution in [0, 0.1) is 3.57 Å². The summed E-state index contributed by atoms with van der Waals surface area (Å²) in [6.07, 6.45) is 1.41. The average molecular weight is 606 g/mol. The molecule has 1 atom stereocenters. The summed E-state index contributed by atoms with van der Waals surface area (Å²) < 4.78 is 27.1. The standard InChI is InChI=1S/C23H29ClIN3O4S/c1-5-21(23(30)26-16(2)3)27(14-17-8-6-7-9-20(17)24)22(29)15-28(33(4,31)32)19-12-10-18(25)11-13-19/h6-13,16,21H,5,14-15H2,1-4H3,(H,26,30)/t21-/m0/s1. The van der Waals surface area contributed by atoms with Gasteiger partial charge in [0, 0.05) is 21.2 Å². The van der Waals surface area contributed by atoms with Crippen molar-refractivity contribution < 1.29 is 18.0 Å². The van der Waals surface area contributed by atoms with E-state index >= 15 is 0 Å². The minimum Gasteiger partial charge on any atom is -0.352 e. The zero-order valence-corrected chi connectivity index (χ0v) is 22.8. The second kappa shape index (κ2) is 12.0. The van der Waals surface area contributed by atoms with Gasteiger partial charge in [-0.05, 0) is 78.8 Å². The van der Waals surface area contributed by atoms with Gasteiger partial charge in [0.25, 0.3) is 0 Å². The van der Waals surface area contributed by atoms with E-state index in [-0.39, 0.29) is 18.5 Å². The molecule has 180 valence electrons. The Hall–Kier alpha value is -1.85. The van der Waals surface area contributed by atoms with E-state index in [2.05, 4.69) is 27.9 Å². The Morgan fingerprint density at radius 3 is 2.21 bits per heavy atom. The van der Waals surface area contributed by atoms with Crippen molar-refractivity contribution in [1.82, 2.24) is 10.2 Å². The quantitative estimate of drug-likeness (QED) is 0.414. The number of amides is 2. The summed E-state index contributed by atoms with van der Waals surface area (Å²) >= 11 is 8.45. The van der Waals surface area contributed by atoms with Gasteiger partial charge in [0.2, 0.25) is 21.8 Å². The highest BCUT2D eigenvalue weighted by Gasteiger charge is 2.32. The third kappa shape index (κ3) is 7.86. The van der Waals surface area contributed by atoms with Crippen molar-refractivity contribution >= 4 is 61.7 Å². The molecule has 10 heteroatoms. The molecule has 7 nitrogen and oxygen atoms in total. The molecule has 0 radical (unpaired) electrons. The summed E-state index contributed by atoms with van der Waals surface area (Å²) in [5.74, 6) is -0.794. The molecule has 2 rings (SSSR count). The molecule has 2 aromatic rings. The normalized spacial score (nSPS) is 12.3. The van der Waals surface area contributed by atoms with Gasteiger partial charge in [0.05, 0.1) is 11.9 Å². The fourth-order valence-corrected chi connectivity index (χ4v) is 4.74. The van der Waals surface area contributed by atoms with Gasteiger partial charge in [-0.1, -0.05) is 36.7 Å². The SMILES string of the molecule is CC[C@@H](C(=O)NC(C)C)N(Cc1ccccc1Cl)C(=O)CN(c1ccc(I)cc1)S(C)(=O)=O. The number of nitrogens with zero attached hydrogens (tertiary/aromatic N) is 2. The topological polar surface area (TPSA) is 86.8 Å². The number of halogens is 2. The summed E-state index contributed by atoms with van der Waals surface area (Å²) in [5, 5.41) is 3.32. The van der Waals surface area contributed by atoms with Crippen molar-refractivity contribution in [2.24, 2.45) is 0 Å². The summed E-state index contributed by atoms with van der Waals surface area (Å²) in [4.78, 5) is 27.9. The molecule has 0 heterocycles. The Labute approximate surface area is 214 Å². The number of hydrogen-bond acceptors (Lipinski definition) is 4. The van der Waals surface area contributed by atoms with Crippen molar-refractivity contribution in [2.45, 2.75) is 45.8 Å². The molecule has 33 heavy (non-hydrogen) atoms. The molecule has 0 aliphatic rings. The Morgan fingerprint density at radius 1 is 1.09 bits per heavy atom. The molecule has 0 unspecified atom stereocenters. The molecule has 0 aliphatic heterocycles. The zero-order valence-electron chi connectivity index (χ0n) is 19.1. The van der Waals surface area contributed by atoms with Crippen molar-refractivity contribution in [1.29, 1.82) is 0 Å². The average Bonchev–Trinajstić information content (AvgIpc) is 2.72. The highest BCUT2D eigenvalue weighted by Crippen LogP contribution is 2.23. The van der Waals surface area contributed by atoms with E-state index in [9.17, 15) is 18.0 Å². The number of hydrogen-bond donors (Lipinski definition) is 1. The number of carbonyl (C=O) groups excluding carboxylic acids is 2. The Kier molecular flexibility index (Phi) is 9.99. The molecular weight excluding hydrogens is 577 g/mol. The molecule has 0 spiro atoms. The lowest BCUT2D eigenvalue weighted by atomic mass is 10.1. The van der Waals surface area contributed by atoms with Crippen LogP contribution in [0.2, 0.25) is 5.02 Å².